The molecule has 0 fully saturated rings. The molecule has 1 aromatic carbocycles. The normalized spacial score (nSPS) is 10.6. The van der Waals surface area contributed by atoms with Crippen LogP contribution in [0.15, 0.2) is 53.9 Å². The average molecular weight is 211 g/mol. The van der Waals surface area contributed by atoms with Crippen molar-refractivity contribution in [2.75, 3.05) is 5.43 Å². The highest BCUT2D eigenvalue weighted by Gasteiger charge is 1.89. The molecule has 0 bridgehead atoms. The summed E-state index contributed by atoms with van der Waals surface area (Å²) in [4.78, 5) is 4.01. The van der Waals surface area contributed by atoms with Crippen LogP contribution in [0.3, 0.4) is 0 Å². The largest absolute Gasteiger partial charge is 0.278 e. The van der Waals surface area contributed by atoms with Gasteiger partial charge >= 0.3 is 0 Å². The molecule has 3 nitrogen and oxygen atoms in total. The Morgan fingerprint density at radius 2 is 2.19 bits per heavy atom. The van der Waals surface area contributed by atoms with Gasteiger partial charge in [0.15, 0.2) is 0 Å². The Hall–Kier alpha value is -2.16. The minimum absolute atomic E-state index is 0.975. The Bertz CT molecular complexity index is 478. The van der Waals surface area contributed by atoms with Crippen molar-refractivity contribution in [1.29, 1.82) is 0 Å². The molecule has 1 N–H and O–H groups in total. The maximum absolute atomic E-state index is 4.14. The first-order valence-electron chi connectivity index (χ1n) is 5.10. The van der Waals surface area contributed by atoms with Crippen molar-refractivity contribution >= 4 is 11.9 Å². The second-order valence-electron chi connectivity index (χ2n) is 3.53. The molecule has 0 aliphatic rings. The predicted octanol–water partition coefficient (Wildman–Crippen LogP) is 2.84. The Balaban J connectivity index is 2.00. The first-order chi connectivity index (χ1) is 7.84. The number of pyridine rings is 1. The highest BCUT2D eigenvalue weighted by atomic mass is 15.3. The van der Waals surface area contributed by atoms with Gasteiger partial charge in [-0.1, -0.05) is 18.2 Å². The van der Waals surface area contributed by atoms with Gasteiger partial charge in [0.2, 0.25) is 0 Å². The van der Waals surface area contributed by atoms with Crippen LogP contribution in [0.2, 0.25) is 0 Å². The number of benzene rings is 1. The zero-order valence-corrected chi connectivity index (χ0v) is 9.09. The van der Waals surface area contributed by atoms with Gasteiger partial charge in [0, 0.05) is 18.0 Å². The zero-order valence-electron chi connectivity index (χ0n) is 9.09. The summed E-state index contributed by atoms with van der Waals surface area (Å²) in [5.74, 6) is 0. The van der Waals surface area contributed by atoms with E-state index in [1.54, 1.807) is 18.6 Å². The van der Waals surface area contributed by atoms with Crippen LogP contribution in [0.4, 0.5) is 5.69 Å². The van der Waals surface area contributed by atoms with E-state index in [4.69, 9.17) is 0 Å². The summed E-state index contributed by atoms with van der Waals surface area (Å²) < 4.78 is 0. The average Bonchev–Trinajstić information content (AvgIpc) is 2.30. The van der Waals surface area contributed by atoms with Gasteiger partial charge < -0.3 is 0 Å². The SMILES string of the molecule is Cc1cccc(NN=Cc2cccnc2)c1. The maximum Gasteiger partial charge on any atom is 0.0564 e. The number of nitrogens with one attached hydrogen (secondary N) is 1. The molecule has 0 radical (unpaired) electrons. The van der Waals surface area contributed by atoms with Crippen LogP contribution in [0.1, 0.15) is 11.1 Å². The van der Waals surface area contributed by atoms with E-state index in [-0.39, 0.29) is 0 Å². The van der Waals surface area contributed by atoms with Gasteiger partial charge in [-0.2, -0.15) is 5.10 Å². The fraction of sp³-hybridized carbons (Fsp3) is 0.0769. The van der Waals surface area contributed by atoms with Crippen molar-refractivity contribution in [2.45, 2.75) is 6.92 Å². The Morgan fingerprint density at radius 3 is 2.94 bits per heavy atom. The molecular weight excluding hydrogens is 198 g/mol. The summed E-state index contributed by atoms with van der Waals surface area (Å²) in [6.07, 6.45) is 5.25. The number of nitrogens with zero attached hydrogens (tertiary/aromatic N) is 2. The smallest absolute Gasteiger partial charge is 0.0564 e. The summed E-state index contributed by atoms with van der Waals surface area (Å²) in [5.41, 5.74) is 6.15. The van der Waals surface area contributed by atoms with E-state index >= 15 is 0 Å². The highest BCUT2D eigenvalue weighted by Crippen LogP contribution is 2.08. The van der Waals surface area contributed by atoms with Crippen LogP contribution in [-0.2, 0) is 0 Å². The fourth-order valence-electron chi connectivity index (χ4n) is 1.35. The molecule has 0 aliphatic carbocycles. The molecule has 2 rings (SSSR count). The van der Waals surface area contributed by atoms with E-state index < -0.39 is 0 Å². The lowest BCUT2D eigenvalue weighted by Crippen LogP contribution is -1.91. The number of hydrazone groups is 1. The summed E-state index contributed by atoms with van der Waals surface area (Å²) in [6, 6.07) is 11.9. The molecule has 1 aromatic heterocycles. The number of aryl methyl sites for hydroxylation is 1. The molecule has 3 heteroatoms. The van der Waals surface area contributed by atoms with Crippen LogP contribution in [-0.4, -0.2) is 11.2 Å². The number of anilines is 1. The molecule has 0 aliphatic heterocycles. The Labute approximate surface area is 94.9 Å². The molecule has 0 saturated heterocycles. The second kappa shape index (κ2) is 5.07. The number of rotatable bonds is 3. The molecule has 2 aromatic rings. The van der Waals surface area contributed by atoms with E-state index in [1.807, 2.05) is 30.3 Å². The topological polar surface area (TPSA) is 37.3 Å². The summed E-state index contributed by atoms with van der Waals surface area (Å²) in [5, 5.41) is 4.14. The molecule has 0 amide bonds. The van der Waals surface area contributed by atoms with Crippen LogP contribution in [0, 0.1) is 6.92 Å². The van der Waals surface area contributed by atoms with Gasteiger partial charge in [0.1, 0.15) is 0 Å². The lowest BCUT2D eigenvalue weighted by molar-refractivity contribution is 1.30. The molecule has 16 heavy (non-hydrogen) atoms. The Morgan fingerprint density at radius 1 is 1.25 bits per heavy atom. The van der Waals surface area contributed by atoms with Gasteiger partial charge in [-0.25, -0.2) is 0 Å². The molecule has 0 saturated carbocycles. The second-order valence-corrected chi connectivity index (χ2v) is 3.53. The monoisotopic (exact) mass is 211 g/mol. The van der Waals surface area contributed by atoms with Crippen molar-refractivity contribution < 1.29 is 0 Å². The molecule has 0 spiro atoms. The Kier molecular flexibility index (Phi) is 3.28. The third kappa shape index (κ3) is 2.92. The number of aromatic nitrogens is 1. The maximum atomic E-state index is 4.14. The molecule has 80 valence electrons. The standard InChI is InChI=1S/C13H13N3/c1-11-4-2-6-13(8-11)16-15-10-12-5-3-7-14-9-12/h2-10,16H,1H3. The van der Waals surface area contributed by atoms with E-state index in [0.29, 0.717) is 0 Å². The first kappa shape index (κ1) is 10.4. The van der Waals surface area contributed by atoms with Crippen molar-refractivity contribution in [2.24, 2.45) is 5.10 Å². The van der Waals surface area contributed by atoms with Gasteiger partial charge in [-0.3, -0.25) is 10.4 Å². The van der Waals surface area contributed by atoms with Crippen LogP contribution in [0.25, 0.3) is 0 Å². The minimum atomic E-state index is 0.975. The van der Waals surface area contributed by atoms with E-state index in [2.05, 4.69) is 28.5 Å². The lowest BCUT2D eigenvalue weighted by Gasteiger charge is -2.00. The first-order valence-corrected chi connectivity index (χ1v) is 5.10. The van der Waals surface area contributed by atoms with Crippen LogP contribution < -0.4 is 5.43 Å². The van der Waals surface area contributed by atoms with E-state index in [9.17, 15) is 0 Å². The summed E-state index contributed by atoms with van der Waals surface area (Å²) >= 11 is 0. The molecule has 0 unspecified atom stereocenters. The molecular formula is C13H13N3. The third-order valence-corrected chi connectivity index (χ3v) is 2.11. The number of hydrogen-bond acceptors (Lipinski definition) is 3. The lowest BCUT2D eigenvalue weighted by atomic mass is 10.2. The van der Waals surface area contributed by atoms with Crippen molar-refractivity contribution in [3.8, 4) is 0 Å². The van der Waals surface area contributed by atoms with Gasteiger partial charge in [-0.15, -0.1) is 0 Å². The zero-order chi connectivity index (χ0) is 11.2. The predicted molar refractivity (Wildman–Crippen MR) is 66.6 cm³/mol. The fourth-order valence-corrected chi connectivity index (χ4v) is 1.35. The van der Waals surface area contributed by atoms with Crippen molar-refractivity contribution in [1.82, 2.24) is 4.98 Å². The van der Waals surface area contributed by atoms with Gasteiger partial charge in [0.05, 0.1) is 11.9 Å². The quantitative estimate of drug-likeness (QED) is 0.626. The molecule has 0 atom stereocenters. The van der Waals surface area contributed by atoms with Crippen LogP contribution in [0.5, 0.6) is 0 Å². The number of hydrogen-bond donors (Lipinski definition) is 1. The summed E-state index contributed by atoms with van der Waals surface area (Å²) in [6.45, 7) is 2.05. The van der Waals surface area contributed by atoms with Crippen LogP contribution >= 0.6 is 0 Å². The minimum Gasteiger partial charge on any atom is -0.278 e. The van der Waals surface area contributed by atoms with E-state index in [0.717, 1.165) is 11.3 Å². The van der Waals surface area contributed by atoms with Gasteiger partial charge in [0.25, 0.3) is 0 Å². The third-order valence-electron chi connectivity index (χ3n) is 2.11. The van der Waals surface area contributed by atoms with Crippen molar-refractivity contribution in [3.05, 3.63) is 59.9 Å². The highest BCUT2D eigenvalue weighted by molar-refractivity contribution is 5.79. The molecule has 1 heterocycles. The van der Waals surface area contributed by atoms with Crippen molar-refractivity contribution in [3.63, 3.8) is 0 Å². The van der Waals surface area contributed by atoms with Gasteiger partial charge in [-0.05, 0) is 30.7 Å². The van der Waals surface area contributed by atoms with E-state index in [1.165, 1.54) is 5.56 Å². The summed E-state index contributed by atoms with van der Waals surface area (Å²) in [7, 11) is 0.